The van der Waals surface area contributed by atoms with Gasteiger partial charge in [0, 0.05) is 11.4 Å². The molecular weight excluding hydrogens is 306 g/mol. The fraction of sp³-hybridized carbons (Fsp3) is 0.357. The highest BCUT2D eigenvalue weighted by Crippen LogP contribution is 2.27. The van der Waals surface area contributed by atoms with Crippen LogP contribution in [0, 0.1) is 0 Å². The minimum Gasteiger partial charge on any atom is -0.352 e. The lowest BCUT2D eigenvalue weighted by Crippen LogP contribution is -2.40. The van der Waals surface area contributed by atoms with E-state index < -0.39 is 0 Å². The molecular formula is C14H17N3O2S2. The monoisotopic (exact) mass is 323 g/mol. The minimum atomic E-state index is -0.197. The van der Waals surface area contributed by atoms with Crippen molar-refractivity contribution in [1.29, 1.82) is 0 Å². The molecule has 7 heteroatoms. The SMILES string of the molecule is CC(C)NC(=O)CNC(=O)Cc1csc(-c2cccs2)n1. The average molecular weight is 323 g/mol. The van der Waals surface area contributed by atoms with Crippen LogP contribution in [0.3, 0.4) is 0 Å². The summed E-state index contributed by atoms with van der Waals surface area (Å²) in [7, 11) is 0. The van der Waals surface area contributed by atoms with Crippen LogP contribution in [-0.4, -0.2) is 29.4 Å². The maximum Gasteiger partial charge on any atom is 0.239 e. The molecule has 0 saturated heterocycles. The molecule has 0 atom stereocenters. The van der Waals surface area contributed by atoms with Gasteiger partial charge in [-0.1, -0.05) is 6.07 Å². The second-order valence-electron chi connectivity index (χ2n) is 4.80. The van der Waals surface area contributed by atoms with Crippen LogP contribution in [0.15, 0.2) is 22.9 Å². The number of carbonyl (C=O) groups excluding carboxylic acids is 2. The number of hydrogen-bond donors (Lipinski definition) is 2. The Kier molecular flexibility index (Phi) is 5.46. The summed E-state index contributed by atoms with van der Waals surface area (Å²) < 4.78 is 0. The maximum atomic E-state index is 11.8. The first-order valence-corrected chi connectivity index (χ1v) is 8.35. The van der Waals surface area contributed by atoms with Crippen LogP contribution in [0.1, 0.15) is 19.5 Å². The Morgan fingerprint density at radius 3 is 2.76 bits per heavy atom. The average Bonchev–Trinajstić information content (AvgIpc) is 3.05. The first-order chi connectivity index (χ1) is 10.0. The molecule has 0 radical (unpaired) electrons. The number of nitrogens with zero attached hydrogens (tertiary/aromatic N) is 1. The summed E-state index contributed by atoms with van der Waals surface area (Å²) in [6.45, 7) is 3.75. The number of nitrogens with one attached hydrogen (secondary N) is 2. The van der Waals surface area contributed by atoms with Crippen LogP contribution in [-0.2, 0) is 16.0 Å². The number of aromatic nitrogens is 1. The molecule has 0 aliphatic rings. The van der Waals surface area contributed by atoms with E-state index >= 15 is 0 Å². The quantitative estimate of drug-likeness (QED) is 0.855. The van der Waals surface area contributed by atoms with Gasteiger partial charge in [-0.3, -0.25) is 9.59 Å². The Morgan fingerprint density at radius 1 is 1.29 bits per heavy atom. The molecule has 112 valence electrons. The summed E-state index contributed by atoms with van der Waals surface area (Å²) in [6.07, 6.45) is 0.191. The van der Waals surface area contributed by atoms with E-state index in [1.807, 2.05) is 36.7 Å². The molecule has 0 aliphatic carbocycles. The van der Waals surface area contributed by atoms with Crippen molar-refractivity contribution in [1.82, 2.24) is 15.6 Å². The third kappa shape index (κ3) is 4.95. The van der Waals surface area contributed by atoms with Crippen molar-refractivity contribution < 1.29 is 9.59 Å². The fourth-order valence-corrected chi connectivity index (χ4v) is 3.31. The van der Waals surface area contributed by atoms with Gasteiger partial charge in [0.05, 0.1) is 23.5 Å². The number of carbonyl (C=O) groups is 2. The molecule has 0 saturated carbocycles. The van der Waals surface area contributed by atoms with Crippen molar-refractivity contribution in [2.24, 2.45) is 0 Å². The van der Waals surface area contributed by atoms with Crippen LogP contribution in [0.5, 0.6) is 0 Å². The molecule has 0 fully saturated rings. The van der Waals surface area contributed by atoms with Gasteiger partial charge in [-0.15, -0.1) is 22.7 Å². The summed E-state index contributed by atoms with van der Waals surface area (Å²) in [5, 5.41) is 10.1. The zero-order valence-corrected chi connectivity index (χ0v) is 13.5. The van der Waals surface area contributed by atoms with Gasteiger partial charge in [0.2, 0.25) is 11.8 Å². The van der Waals surface area contributed by atoms with Gasteiger partial charge in [-0.25, -0.2) is 4.98 Å². The molecule has 2 N–H and O–H groups in total. The maximum absolute atomic E-state index is 11.8. The van der Waals surface area contributed by atoms with E-state index in [4.69, 9.17) is 0 Å². The molecule has 5 nitrogen and oxygen atoms in total. The summed E-state index contributed by atoms with van der Waals surface area (Å²) in [5.74, 6) is -0.382. The second kappa shape index (κ2) is 7.33. The van der Waals surface area contributed by atoms with Crippen LogP contribution in [0.2, 0.25) is 0 Å². The summed E-state index contributed by atoms with van der Waals surface area (Å²) in [4.78, 5) is 28.7. The van der Waals surface area contributed by atoms with Gasteiger partial charge in [-0.2, -0.15) is 0 Å². The molecule has 2 amide bonds. The van der Waals surface area contributed by atoms with Gasteiger partial charge < -0.3 is 10.6 Å². The lowest BCUT2D eigenvalue weighted by Gasteiger charge is -2.08. The van der Waals surface area contributed by atoms with Gasteiger partial charge in [0.25, 0.3) is 0 Å². The summed E-state index contributed by atoms with van der Waals surface area (Å²) in [6, 6.07) is 4.05. The highest BCUT2D eigenvalue weighted by atomic mass is 32.1. The van der Waals surface area contributed by atoms with Crippen molar-refractivity contribution in [3.8, 4) is 9.88 Å². The van der Waals surface area contributed by atoms with Crippen LogP contribution < -0.4 is 10.6 Å². The highest BCUT2D eigenvalue weighted by molar-refractivity contribution is 7.20. The van der Waals surface area contributed by atoms with E-state index in [-0.39, 0.29) is 30.8 Å². The molecule has 21 heavy (non-hydrogen) atoms. The van der Waals surface area contributed by atoms with Crippen molar-refractivity contribution in [2.45, 2.75) is 26.3 Å². The predicted octanol–water partition coefficient (Wildman–Crippen LogP) is 2.05. The Labute approximate surface area is 131 Å². The lowest BCUT2D eigenvalue weighted by molar-refractivity contribution is -0.126. The van der Waals surface area contributed by atoms with E-state index in [2.05, 4.69) is 15.6 Å². The molecule has 2 rings (SSSR count). The molecule has 0 unspecified atom stereocenters. The largest absolute Gasteiger partial charge is 0.352 e. The topological polar surface area (TPSA) is 71.1 Å². The zero-order chi connectivity index (χ0) is 15.2. The zero-order valence-electron chi connectivity index (χ0n) is 11.9. The molecule has 2 aromatic rings. The van der Waals surface area contributed by atoms with Crippen molar-refractivity contribution in [3.05, 3.63) is 28.6 Å². The first kappa shape index (κ1) is 15.7. The molecule has 0 bridgehead atoms. The number of thiophene rings is 1. The van der Waals surface area contributed by atoms with Crippen molar-refractivity contribution >= 4 is 34.5 Å². The smallest absolute Gasteiger partial charge is 0.239 e. The van der Waals surface area contributed by atoms with Gasteiger partial charge in [-0.05, 0) is 25.3 Å². The van der Waals surface area contributed by atoms with E-state index in [1.54, 1.807) is 11.3 Å². The van der Waals surface area contributed by atoms with Gasteiger partial charge in [0.15, 0.2) is 0 Å². The normalized spacial score (nSPS) is 10.6. The summed E-state index contributed by atoms with van der Waals surface area (Å²) >= 11 is 3.14. The van der Waals surface area contributed by atoms with Crippen LogP contribution >= 0.6 is 22.7 Å². The third-order valence-corrected chi connectivity index (χ3v) is 4.45. The number of thiazole rings is 1. The molecule has 2 aromatic heterocycles. The number of hydrogen-bond acceptors (Lipinski definition) is 5. The van der Waals surface area contributed by atoms with Gasteiger partial charge >= 0.3 is 0 Å². The Bertz CT molecular complexity index is 606. The van der Waals surface area contributed by atoms with Crippen LogP contribution in [0.4, 0.5) is 0 Å². The van der Waals surface area contributed by atoms with Gasteiger partial charge in [0.1, 0.15) is 5.01 Å². The molecule has 2 heterocycles. The van der Waals surface area contributed by atoms with Crippen molar-refractivity contribution in [2.75, 3.05) is 6.54 Å². The minimum absolute atomic E-state index is 0.00106. The Balaban J connectivity index is 1.82. The van der Waals surface area contributed by atoms with E-state index in [1.165, 1.54) is 11.3 Å². The first-order valence-electron chi connectivity index (χ1n) is 6.59. The lowest BCUT2D eigenvalue weighted by atomic mass is 10.3. The second-order valence-corrected chi connectivity index (χ2v) is 6.60. The summed E-state index contributed by atoms with van der Waals surface area (Å²) in [5.41, 5.74) is 0.727. The molecule has 0 spiro atoms. The standard InChI is InChI=1S/C14H17N3O2S2/c1-9(2)16-13(19)7-15-12(18)6-10-8-21-14(17-10)11-4-3-5-20-11/h3-5,8-9H,6-7H2,1-2H3,(H,15,18)(H,16,19). The predicted molar refractivity (Wildman–Crippen MR) is 85.4 cm³/mol. The van der Waals surface area contributed by atoms with Crippen LogP contribution in [0.25, 0.3) is 9.88 Å². The number of amides is 2. The third-order valence-electron chi connectivity index (χ3n) is 2.52. The van der Waals surface area contributed by atoms with Crippen molar-refractivity contribution in [3.63, 3.8) is 0 Å². The Morgan fingerprint density at radius 2 is 2.10 bits per heavy atom. The fourth-order valence-electron chi connectivity index (χ4n) is 1.68. The van der Waals surface area contributed by atoms with E-state index in [9.17, 15) is 9.59 Å². The molecule has 0 aliphatic heterocycles. The van der Waals surface area contributed by atoms with E-state index in [0.29, 0.717) is 0 Å². The number of rotatable bonds is 6. The Hall–Kier alpha value is -1.73. The molecule has 0 aromatic carbocycles. The highest BCUT2D eigenvalue weighted by Gasteiger charge is 2.11. The van der Waals surface area contributed by atoms with E-state index in [0.717, 1.165) is 15.6 Å².